The molecular weight excluding hydrogens is 771 g/mol. The Morgan fingerprint density at radius 1 is 0.311 bits per heavy atom. The van der Waals surface area contributed by atoms with Crippen LogP contribution in [0.5, 0.6) is 0 Å². The van der Waals surface area contributed by atoms with Gasteiger partial charge in [-0.15, -0.1) is 11.3 Å². The maximum atomic E-state index is 2.44. The fraction of sp³-hybridized carbons (Fsp3) is 0. The van der Waals surface area contributed by atoms with Crippen molar-refractivity contribution in [3.8, 4) is 44.5 Å². The standard InChI is InChI=1S/C58H39NSSi/c1-4-13-39(14-5-1)41-23-31-45(32-24-41)59(46-33-25-42(26-34-46)40-15-6-2-7-16-40)47-35-27-43(28-36-47)49-20-12-21-51-56(49)58-52(60-51)37-29-44-30-38-54-57(55(44)58)50-19-10-11-22-53(50)61(54)48-17-8-3-9-18-48/h1-38,61H. The molecule has 3 heteroatoms. The van der Waals surface area contributed by atoms with Crippen molar-refractivity contribution in [1.82, 2.24) is 0 Å². The van der Waals surface area contributed by atoms with Crippen LogP contribution in [0, 0.1) is 0 Å². The quantitative estimate of drug-likeness (QED) is 0.145. The second-order valence-corrected chi connectivity index (χ2v) is 19.8. The highest BCUT2D eigenvalue weighted by Gasteiger charge is 2.33. The highest BCUT2D eigenvalue weighted by molar-refractivity contribution is 7.26. The Labute approximate surface area is 361 Å². The molecule has 1 unspecified atom stereocenters. The summed E-state index contributed by atoms with van der Waals surface area (Å²) < 4.78 is 2.66. The topological polar surface area (TPSA) is 3.24 Å². The summed E-state index contributed by atoms with van der Waals surface area (Å²) in [4.78, 5) is 2.37. The summed E-state index contributed by atoms with van der Waals surface area (Å²) in [6, 6.07) is 85.2. The van der Waals surface area contributed by atoms with E-state index in [-0.39, 0.29) is 0 Å². The smallest absolute Gasteiger partial charge is 0.134 e. The van der Waals surface area contributed by atoms with Gasteiger partial charge in [0, 0.05) is 37.2 Å². The molecule has 0 aliphatic carbocycles. The molecule has 12 rings (SSSR count). The van der Waals surface area contributed by atoms with Gasteiger partial charge in [0.05, 0.1) is 0 Å². The van der Waals surface area contributed by atoms with Gasteiger partial charge in [0.25, 0.3) is 0 Å². The molecule has 1 aliphatic heterocycles. The van der Waals surface area contributed by atoms with Crippen LogP contribution in [-0.4, -0.2) is 8.80 Å². The number of rotatable bonds is 7. The van der Waals surface area contributed by atoms with Crippen LogP contribution in [0.15, 0.2) is 231 Å². The maximum Gasteiger partial charge on any atom is 0.134 e. The molecule has 0 N–H and O–H groups in total. The highest BCUT2D eigenvalue weighted by Crippen LogP contribution is 2.47. The first-order chi connectivity index (χ1) is 30.3. The summed E-state index contributed by atoms with van der Waals surface area (Å²) in [5.74, 6) is 0. The van der Waals surface area contributed by atoms with Crippen LogP contribution in [-0.2, 0) is 0 Å². The third kappa shape index (κ3) is 6.04. The number of hydrogen-bond acceptors (Lipinski definition) is 2. The molecule has 1 aliphatic rings. The molecule has 1 nitrogen and oxygen atoms in total. The molecule has 10 aromatic carbocycles. The summed E-state index contributed by atoms with van der Waals surface area (Å²) in [7, 11) is -1.64. The van der Waals surface area contributed by atoms with Crippen molar-refractivity contribution in [3.63, 3.8) is 0 Å². The van der Waals surface area contributed by atoms with Crippen molar-refractivity contribution < 1.29 is 0 Å². The Morgan fingerprint density at radius 3 is 1.43 bits per heavy atom. The molecule has 0 radical (unpaired) electrons. The third-order valence-electron chi connectivity index (χ3n) is 12.6. The number of anilines is 3. The number of nitrogens with zero attached hydrogens (tertiary/aromatic N) is 1. The van der Waals surface area contributed by atoms with E-state index in [4.69, 9.17) is 0 Å². The summed E-state index contributed by atoms with van der Waals surface area (Å²) in [6.45, 7) is 0. The maximum absolute atomic E-state index is 2.44. The van der Waals surface area contributed by atoms with Crippen molar-refractivity contribution in [2.45, 2.75) is 0 Å². The third-order valence-corrected chi connectivity index (χ3v) is 17.0. The molecular formula is C58H39NSSi. The van der Waals surface area contributed by atoms with E-state index in [1.54, 1.807) is 0 Å². The van der Waals surface area contributed by atoms with Gasteiger partial charge in [0.2, 0.25) is 0 Å². The van der Waals surface area contributed by atoms with Gasteiger partial charge in [-0.25, -0.2) is 0 Å². The van der Waals surface area contributed by atoms with E-state index in [0.29, 0.717) is 0 Å². The van der Waals surface area contributed by atoms with Gasteiger partial charge in [-0.2, -0.15) is 0 Å². The number of thiophene rings is 1. The fourth-order valence-electron chi connectivity index (χ4n) is 9.77. The molecule has 1 aromatic heterocycles. The minimum absolute atomic E-state index is 1.11. The predicted molar refractivity (Wildman–Crippen MR) is 266 cm³/mol. The second-order valence-electron chi connectivity index (χ2n) is 16.0. The van der Waals surface area contributed by atoms with Gasteiger partial charge in [0.1, 0.15) is 8.80 Å². The van der Waals surface area contributed by atoms with Crippen LogP contribution in [0.3, 0.4) is 0 Å². The molecule has 0 saturated carbocycles. The van der Waals surface area contributed by atoms with Gasteiger partial charge in [-0.1, -0.05) is 187 Å². The summed E-state index contributed by atoms with van der Waals surface area (Å²) >= 11 is 1.91. The first-order valence-corrected chi connectivity index (χ1v) is 23.6. The van der Waals surface area contributed by atoms with Crippen LogP contribution in [0.2, 0.25) is 0 Å². The Morgan fingerprint density at radius 2 is 0.803 bits per heavy atom. The largest absolute Gasteiger partial charge is 0.311 e. The molecule has 0 amide bonds. The van der Waals surface area contributed by atoms with Gasteiger partial charge in [-0.3, -0.25) is 0 Å². The Balaban J connectivity index is 1.000. The molecule has 0 spiro atoms. The lowest BCUT2D eigenvalue weighted by Crippen LogP contribution is -2.48. The first kappa shape index (κ1) is 35.6. The van der Waals surface area contributed by atoms with Crippen molar-refractivity contribution in [1.29, 1.82) is 0 Å². The van der Waals surface area contributed by atoms with Gasteiger partial charge >= 0.3 is 0 Å². The Bertz CT molecular complexity index is 3290. The average molecular weight is 810 g/mol. The van der Waals surface area contributed by atoms with Crippen LogP contribution >= 0.6 is 11.3 Å². The zero-order valence-corrected chi connectivity index (χ0v) is 35.3. The zero-order valence-electron chi connectivity index (χ0n) is 33.4. The number of benzene rings is 10. The van der Waals surface area contributed by atoms with Crippen LogP contribution in [0.4, 0.5) is 17.1 Å². The van der Waals surface area contributed by atoms with E-state index in [1.807, 2.05) is 11.3 Å². The minimum atomic E-state index is -1.64. The second kappa shape index (κ2) is 14.8. The van der Waals surface area contributed by atoms with Crippen LogP contribution < -0.4 is 20.5 Å². The SMILES string of the molecule is c1ccc(-c2ccc(N(c3ccc(-c4ccccc4)cc3)c3ccc(-c4cccc5sc6ccc7ccc8c(c7c6c45)-c4ccccc4[SiH]8c4ccccc4)cc3)cc2)cc1. The fourth-order valence-corrected chi connectivity index (χ4v) is 14.3. The Kier molecular flexibility index (Phi) is 8.62. The molecule has 61 heavy (non-hydrogen) atoms. The van der Waals surface area contributed by atoms with Gasteiger partial charge < -0.3 is 4.90 Å². The minimum Gasteiger partial charge on any atom is -0.311 e. The Hall–Kier alpha value is -7.30. The summed E-state index contributed by atoms with van der Waals surface area (Å²) in [5, 5.41) is 9.96. The summed E-state index contributed by atoms with van der Waals surface area (Å²) in [6.07, 6.45) is 0. The van der Waals surface area contributed by atoms with Gasteiger partial charge in [0.15, 0.2) is 0 Å². The lowest BCUT2D eigenvalue weighted by atomic mass is 9.92. The number of hydrogen-bond donors (Lipinski definition) is 0. The monoisotopic (exact) mass is 809 g/mol. The number of fused-ring (bicyclic) bond motifs is 9. The van der Waals surface area contributed by atoms with Crippen molar-refractivity contribution in [2.24, 2.45) is 0 Å². The molecule has 1 atom stereocenters. The predicted octanol–water partition coefficient (Wildman–Crippen LogP) is 13.9. The molecule has 0 bridgehead atoms. The molecule has 0 saturated heterocycles. The van der Waals surface area contributed by atoms with Crippen LogP contribution in [0.25, 0.3) is 75.5 Å². The first-order valence-electron chi connectivity index (χ1n) is 21.0. The van der Waals surface area contributed by atoms with E-state index in [2.05, 4.69) is 235 Å². The van der Waals surface area contributed by atoms with E-state index in [9.17, 15) is 0 Å². The molecule has 0 fully saturated rings. The van der Waals surface area contributed by atoms with Crippen molar-refractivity contribution in [2.75, 3.05) is 4.90 Å². The lowest BCUT2D eigenvalue weighted by Gasteiger charge is -2.26. The summed E-state index contributed by atoms with van der Waals surface area (Å²) in [5.41, 5.74) is 13.5. The highest BCUT2D eigenvalue weighted by atomic mass is 32.1. The van der Waals surface area contributed by atoms with Crippen LogP contribution in [0.1, 0.15) is 0 Å². The van der Waals surface area contributed by atoms with E-state index in [1.165, 1.54) is 91.0 Å². The molecule has 286 valence electrons. The van der Waals surface area contributed by atoms with Crippen molar-refractivity contribution >= 4 is 83.7 Å². The van der Waals surface area contributed by atoms with Crippen molar-refractivity contribution in [3.05, 3.63) is 231 Å². The van der Waals surface area contributed by atoms with E-state index < -0.39 is 8.80 Å². The molecule has 11 aromatic rings. The van der Waals surface area contributed by atoms with Gasteiger partial charge in [-0.05, 0) is 114 Å². The molecule has 2 heterocycles. The average Bonchev–Trinajstić information content (AvgIpc) is 3.90. The lowest BCUT2D eigenvalue weighted by molar-refractivity contribution is 1.28. The van der Waals surface area contributed by atoms with E-state index >= 15 is 0 Å². The normalized spacial score (nSPS) is 13.1. The zero-order chi connectivity index (χ0) is 40.3. The van der Waals surface area contributed by atoms with E-state index in [0.717, 1.165) is 17.1 Å².